The fourth-order valence-electron chi connectivity index (χ4n) is 3.49. The van der Waals surface area contributed by atoms with Gasteiger partial charge in [0.2, 0.25) is 0 Å². The lowest BCUT2D eigenvalue weighted by atomic mass is 10.0. The van der Waals surface area contributed by atoms with Crippen LogP contribution < -0.4 is 10.1 Å². The molecule has 0 radical (unpaired) electrons. The third-order valence-corrected chi connectivity index (χ3v) is 4.86. The van der Waals surface area contributed by atoms with Crippen molar-refractivity contribution in [1.82, 2.24) is 15.3 Å². The minimum absolute atomic E-state index is 0.204. The molecule has 0 saturated carbocycles. The number of rotatable bonds is 6. The van der Waals surface area contributed by atoms with Gasteiger partial charge in [-0.1, -0.05) is 0 Å². The summed E-state index contributed by atoms with van der Waals surface area (Å²) >= 11 is 0. The first-order chi connectivity index (χ1) is 14.4. The van der Waals surface area contributed by atoms with Crippen molar-refractivity contribution in [3.8, 4) is 17.0 Å². The quantitative estimate of drug-likeness (QED) is 0.669. The summed E-state index contributed by atoms with van der Waals surface area (Å²) in [5.41, 5.74) is 3.34. The number of amides is 1. The van der Waals surface area contributed by atoms with E-state index in [1.165, 1.54) is 12.1 Å². The van der Waals surface area contributed by atoms with E-state index in [0.29, 0.717) is 41.5 Å². The second-order valence-corrected chi connectivity index (χ2v) is 7.24. The molecule has 3 heterocycles. The summed E-state index contributed by atoms with van der Waals surface area (Å²) in [5.74, 6) is 0.653. The van der Waals surface area contributed by atoms with Crippen molar-refractivity contribution in [2.24, 2.45) is 0 Å². The molecule has 0 bridgehead atoms. The van der Waals surface area contributed by atoms with Gasteiger partial charge in [0.15, 0.2) is 5.76 Å². The molecule has 0 spiro atoms. The third kappa shape index (κ3) is 4.04. The fourth-order valence-corrected chi connectivity index (χ4v) is 3.49. The van der Waals surface area contributed by atoms with E-state index >= 15 is 0 Å². The standard InChI is InChI=1S/C22H22FN3O4/c1-12-9-24-13(2)20(26-12)18-8-15(23)6-14-7-17(30-21(14)18)10-25-22(27)19-5-4-16(29-19)11-28-3/h4-6,8-9,17H,7,10-11H2,1-3H3,(H,25,27)/t17-/m1/s1. The topological polar surface area (TPSA) is 86.5 Å². The van der Waals surface area contributed by atoms with Crippen molar-refractivity contribution in [2.75, 3.05) is 13.7 Å². The van der Waals surface area contributed by atoms with Crippen molar-refractivity contribution in [3.63, 3.8) is 0 Å². The lowest BCUT2D eigenvalue weighted by Crippen LogP contribution is -2.34. The Morgan fingerprint density at radius 1 is 1.33 bits per heavy atom. The van der Waals surface area contributed by atoms with Crippen LogP contribution in [0.4, 0.5) is 4.39 Å². The van der Waals surface area contributed by atoms with Crippen molar-refractivity contribution in [2.45, 2.75) is 33.0 Å². The third-order valence-electron chi connectivity index (χ3n) is 4.86. The van der Waals surface area contributed by atoms with Crippen LogP contribution in [0, 0.1) is 19.7 Å². The molecule has 8 heteroatoms. The molecule has 4 rings (SSSR count). The number of nitrogens with zero attached hydrogens (tertiary/aromatic N) is 2. The molecule has 0 aliphatic carbocycles. The van der Waals surface area contributed by atoms with Crippen LogP contribution in [0.1, 0.15) is 33.3 Å². The van der Waals surface area contributed by atoms with Gasteiger partial charge in [0.25, 0.3) is 5.91 Å². The lowest BCUT2D eigenvalue weighted by Gasteiger charge is -2.14. The predicted molar refractivity (Wildman–Crippen MR) is 107 cm³/mol. The molecule has 1 aliphatic heterocycles. The predicted octanol–water partition coefficient (Wildman–Crippen LogP) is 3.37. The second-order valence-electron chi connectivity index (χ2n) is 7.24. The lowest BCUT2D eigenvalue weighted by molar-refractivity contribution is 0.0897. The molecule has 7 nitrogen and oxygen atoms in total. The Balaban J connectivity index is 1.49. The number of nitrogens with one attached hydrogen (secondary N) is 1. The maximum absolute atomic E-state index is 14.3. The summed E-state index contributed by atoms with van der Waals surface area (Å²) in [6, 6.07) is 6.17. The summed E-state index contributed by atoms with van der Waals surface area (Å²) in [6.45, 7) is 4.21. The molecule has 1 aliphatic rings. The van der Waals surface area contributed by atoms with Gasteiger partial charge < -0.3 is 19.2 Å². The van der Waals surface area contributed by atoms with Crippen LogP contribution in [0.2, 0.25) is 0 Å². The number of furan rings is 1. The van der Waals surface area contributed by atoms with Crippen LogP contribution in [0.15, 0.2) is 34.9 Å². The molecule has 2 aromatic heterocycles. The van der Waals surface area contributed by atoms with E-state index in [-0.39, 0.29) is 30.1 Å². The number of hydrogen-bond acceptors (Lipinski definition) is 6. The summed E-state index contributed by atoms with van der Waals surface area (Å²) in [7, 11) is 1.55. The number of ether oxygens (including phenoxy) is 2. The molecular weight excluding hydrogens is 389 g/mol. The summed E-state index contributed by atoms with van der Waals surface area (Å²) in [5, 5.41) is 2.81. The van der Waals surface area contributed by atoms with Gasteiger partial charge in [-0.15, -0.1) is 0 Å². The summed E-state index contributed by atoms with van der Waals surface area (Å²) in [4.78, 5) is 21.2. The SMILES string of the molecule is COCc1ccc(C(=O)NC[C@H]2Cc3cc(F)cc(-c4nc(C)cnc4C)c3O2)o1. The molecule has 1 atom stereocenters. The van der Waals surface area contributed by atoms with Gasteiger partial charge in [0, 0.05) is 30.9 Å². The minimum atomic E-state index is -0.360. The van der Waals surface area contributed by atoms with Crippen LogP contribution in [-0.2, 0) is 17.8 Å². The van der Waals surface area contributed by atoms with E-state index in [2.05, 4.69) is 15.3 Å². The van der Waals surface area contributed by atoms with Crippen LogP contribution in [0.25, 0.3) is 11.3 Å². The van der Waals surface area contributed by atoms with E-state index < -0.39 is 0 Å². The number of benzene rings is 1. The monoisotopic (exact) mass is 411 g/mol. The Morgan fingerprint density at radius 3 is 2.97 bits per heavy atom. The Kier molecular flexibility index (Phi) is 5.50. The zero-order valence-corrected chi connectivity index (χ0v) is 17.0. The number of aryl methyl sites for hydroxylation is 2. The van der Waals surface area contributed by atoms with Crippen LogP contribution in [-0.4, -0.2) is 35.6 Å². The Bertz CT molecular complexity index is 1100. The van der Waals surface area contributed by atoms with Crippen LogP contribution in [0.5, 0.6) is 5.75 Å². The van der Waals surface area contributed by atoms with Gasteiger partial charge in [0.1, 0.15) is 30.0 Å². The van der Waals surface area contributed by atoms with E-state index in [4.69, 9.17) is 13.9 Å². The van der Waals surface area contributed by atoms with Gasteiger partial charge in [-0.2, -0.15) is 0 Å². The van der Waals surface area contributed by atoms with Gasteiger partial charge in [-0.25, -0.2) is 9.37 Å². The first-order valence-corrected chi connectivity index (χ1v) is 9.60. The Hall–Kier alpha value is -3.26. The summed E-state index contributed by atoms with van der Waals surface area (Å²) in [6.07, 6.45) is 1.83. The minimum Gasteiger partial charge on any atom is -0.487 e. The largest absolute Gasteiger partial charge is 0.487 e. The molecule has 0 unspecified atom stereocenters. The van der Waals surface area contributed by atoms with Crippen molar-refractivity contribution < 1.29 is 23.1 Å². The Morgan fingerprint density at radius 2 is 2.17 bits per heavy atom. The normalized spacial score (nSPS) is 15.0. The van der Waals surface area contributed by atoms with Crippen LogP contribution >= 0.6 is 0 Å². The molecule has 1 amide bonds. The molecular formula is C22H22FN3O4. The molecule has 1 N–H and O–H groups in total. The zero-order chi connectivity index (χ0) is 21.3. The Labute approximate surface area is 173 Å². The molecule has 156 valence electrons. The number of hydrogen-bond donors (Lipinski definition) is 1. The highest BCUT2D eigenvalue weighted by Gasteiger charge is 2.29. The summed E-state index contributed by atoms with van der Waals surface area (Å²) < 4.78 is 30.8. The maximum Gasteiger partial charge on any atom is 0.287 e. The number of carbonyl (C=O) groups excluding carboxylic acids is 1. The van der Waals surface area contributed by atoms with E-state index in [1.807, 2.05) is 13.8 Å². The van der Waals surface area contributed by atoms with E-state index in [9.17, 15) is 9.18 Å². The van der Waals surface area contributed by atoms with Gasteiger partial charge >= 0.3 is 0 Å². The smallest absolute Gasteiger partial charge is 0.287 e. The van der Waals surface area contributed by atoms with Gasteiger partial charge in [-0.3, -0.25) is 9.78 Å². The number of methoxy groups -OCH3 is 1. The first kappa shape index (κ1) is 20.0. The molecule has 0 saturated heterocycles. The van der Waals surface area contributed by atoms with Gasteiger partial charge in [0.05, 0.1) is 23.6 Å². The maximum atomic E-state index is 14.3. The highest BCUT2D eigenvalue weighted by Crippen LogP contribution is 2.39. The fraction of sp³-hybridized carbons (Fsp3) is 0.318. The zero-order valence-electron chi connectivity index (χ0n) is 17.0. The highest BCUT2D eigenvalue weighted by molar-refractivity contribution is 5.91. The van der Waals surface area contributed by atoms with Gasteiger partial charge in [-0.05, 0) is 38.1 Å². The average Bonchev–Trinajstić information content (AvgIpc) is 3.34. The number of halogens is 1. The van der Waals surface area contributed by atoms with Crippen molar-refractivity contribution >= 4 is 5.91 Å². The molecule has 0 fully saturated rings. The number of carbonyl (C=O) groups is 1. The second kappa shape index (κ2) is 8.23. The van der Waals surface area contributed by atoms with Crippen molar-refractivity contribution in [1.29, 1.82) is 0 Å². The van der Waals surface area contributed by atoms with E-state index in [1.54, 1.807) is 25.4 Å². The molecule has 1 aromatic carbocycles. The van der Waals surface area contributed by atoms with Crippen molar-refractivity contribution in [3.05, 3.63) is 64.8 Å². The highest BCUT2D eigenvalue weighted by atomic mass is 19.1. The van der Waals surface area contributed by atoms with E-state index in [0.717, 1.165) is 11.3 Å². The number of aromatic nitrogens is 2. The first-order valence-electron chi connectivity index (χ1n) is 9.60. The number of fused-ring (bicyclic) bond motifs is 1. The molecule has 30 heavy (non-hydrogen) atoms. The molecule has 3 aromatic rings. The van der Waals surface area contributed by atoms with Crippen LogP contribution in [0.3, 0.4) is 0 Å². The average molecular weight is 411 g/mol.